The lowest BCUT2D eigenvalue weighted by Crippen LogP contribution is -2.23. The molecule has 0 aliphatic heterocycles. The third kappa shape index (κ3) is 4.56. The van der Waals surface area contributed by atoms with Crippen molar-refractivity contribution in [2.24, 2.45) is 0 Å². The summed E-state index contributed by atoms with van der Waals surface area (Å²) in [4.78, 5) is 22.9. The summed E-state index contributed by atoms with van der Waals surface area (Å²) in [6.07, 6.45) is -0.181. The SMILES string of the molecule is CCC(CCl)OC(=O)Nc1ccc(-c2n[nH]c(=O)cc2C)cc1. The van der Waals surface area contributed by atoms with E-state index in [9.17, 15) is 9.59 Å². The molecule has 2 rings (SSSR count). The van der Waals surface area contributed by atoms with E-state index in [1.807, 2.05) is 26.0 Å². The third-order valence-electron chi connectivity index (χ3n) is 3.30. The van der Waals surface area contributed by atoms with Crippen LogP contribution in [-0.4, -0.2) is 28.3 Å². The molecule has 1 aromatic carbocycles. The Labute approximate surface area is 138 Å². The maximum Gasteiger partial charge on any atom is 0.411 e. The number of amides is 1. The molecule has 7 heteroatoms. The van der Waals surface area contributed by atoms with E-state index in [1.165, 1.54) is 6.07 Å². The van der Waals surface area contributed by atoms with Gasteiger partial charge in [0, 0.05) is 17.3 Å². The second-order valence-corrected chi connectivity index (χ2v) is 5.36. The average molecular weight is 336 g/mol. The van der Waals surface area contributed by atoms with Crippen molar-refractivity contribution in [3.8, 4) is 11.3 Å². The van der Waals surface area contributed by atoms with Crippen LogP contribution in [0.5, 0.6) is 0 Å². The number of carbonyl (C=O) groups is 1. The molecule has 2 N–H and O–H groups in total. The van der Waals surface area contributed by atoms with Crippen molar-refractivity contribution in [1.29, 1.82) is 0 Å². The summed E-state index contributed by atoms with van der Waals surface area (Å²) in [5, 5.41) is 9.09. The molecule has 0 saturated heterocycles. The molecule has 23 heavy (non-hydrogen) atoms. The highest BCUT2D eigenvalue weighted by Crippen LogP contribution is 2.21. The number of halogens is 1. The first-order valence-electron chi connectivity index (χ1n) is 7.23. The van der Waals surface area contributed by atoms with Crippen LogP contribution in [0.3, 0.4) is 0 Å². The minimum atomic E-state index is -0.538. The molecule has 6 nitrogen and oxygen atoms in total. The van der Waals surface area contributed by atoms with E-state index >= 15 is 0 Å². The molecule has 0 bridgehead atoms. The first-order valence-corrected chi connectivity index (χ1v) is 7.77. The fourth-order valence-electron chi connectivity index (χ4n) is 2.02. The molecule has 1 aromatic heterocycles. The van der Waals surface area contributed by atoms with Gasteiger partial charge in [0.25, 0.3) is 5.56 Å². The topological polar surface area (TPSA) is 84.1 Å². The summed E-state index contributed by atoms with van der Waals surface area (Å²) < 4.78 is 5.17. The zero-order valence-corrected chi connectivity index (χ0v) is 13.7. The third-order valence-corrected chi connectivity index (χ3v) is 3.65. The normalized spacial score (nSPS) is 11.8. The highest BCUT2D eigenvalue weighted by molar-refractivity contribution is 6.18. The summed E-state index contributed by atoms with van der Waals surface area (Å²) in [5.41, 5.74) is 2.67. The molecular formula is C16H18ClN3O3. The number of nitrogens with zero attached hydrogens (tertiary/aromatic N) is 1. The van der Waals surface area contributed by atoms with Crippen molar-refractivity contribution in [2.45, 2.75) is 26.4 Å². The maximum atomic E-state index is 11.7. The van der Waals surface area contributed by atoms with Gasteiger partial charge in [0.05, 0.1) is 11.6 Å². The molecule has 1 amide bonds. The predicted molar refractivity (Wildman–Crippen MR) is 89.9 cm³/mol. The number of alkyl halides is 1. The molecule has 2 aromatic rings. The van der Waals surface area contributed by atoms with Crippen molar-refractivity contribution in [3.63, 3.8) is 0 Å². The lowest BCUT2D eigenvalue weighted by atomic mass is 10.1. The fraction of sp³-hybridized carbons (Fsp3) is 0.312. The quantitative estimate of drug-likeness (QED) is 0.821. The number of rotatable bonds is 5. The molecule has 0 fully saturated rings. The highest BCUT2D eigenvalue weighted by Gasteiger charge is 2.11. The molecule has 1 atom stereocenters. The summed E-state index contributed by atoms with van der Waals surface area (Å²) in [6.45, 7) is 3.72. The Balaban J connectivity index is 2.07. The molecule has 1 unspecified atom stereocenters. The number of hydrogen-bond donors (Lipinski definition) is 2. The smallest absolute Gasteiger partial charge is 0.411 e. The van der Waals surface area contributed by atoms with Gasteiger partial charge in [0.2, 0.25) is 0 Å². The van der Waals surface area contributed by atoms with E-state index in [0.717, 1.165) is 11.1 Å². The summed E-state index contributed by atoms with van der Waals surface area (Å²) in [5.74, 6) is 0.264. The first kappa shape index (κ1) is 17.0. The van der Waals surface area contributed by atoms with Crippen LogP contribution in [0.25, 0.3) is 11.3 Å². The van der Waals surface area contributed by atoms with E-state index in [0.29, 0.717) is 17.8 Å². The predicted octanol–water partition coefficient (Wildman–Crippen LogP) is 3.31. The molecule has 1 heterocycles. The Morgan fingerprint density at radius 2 is 2.09 bits per heavy atom. The van der Waals surface area contributed by atoms with Crippen LogP contribution >= 0.6 is 11.6 Å². The minimum absolute atomic E-state index is 0.239. The standard InChI is InChI=1S/C16H18ClN3O3/c1-3-13(9-17)23-16(22)18-12-6-4-11(5-7-12)15-10(2)8-14(21)19-20-15/h4-8,13H,3,9H2,1-2H3,(H,18,22)(H,19,21). The lowest BCUT2D eigenvalue weighted by molar-refractivity contribution is 0.120. The minimum Gasteiger partial charge on any atom is -0.445 e. The second-order valence-electron chi connectivity index (χ2n) is 5.06. The van der Waals surface area contributed by atoms with Gasteiger partial charge in [-0.3, -0.25) is 10.1 Å². The van der Waals surface area contributed by atoms with Crippen molar-refractivity contribution >= 4 is 23.4 Å². The Bertz CT molecular complexity index is 724. The summed E-state index contributed by atoms with van der Waals surface area (Å²) >= 11 is 5.69. The number of H-pyrrole nitrogens is 1. The van der Waals surface area contributed by atoms with Gasteiger partial charge >= 0.3 is 6.09 Å². The van der Waals surface area contributed by atoms with Crippen LogP contribution in [-0.2, 0) is 4.74 Å². The van der Waals surface area contributed by atoms with E-state index in [1.54, 1.807) is 12.1 Å². The molecule has 0 aliphatic rings. The van der Waals surface area contributed by atoms with Gasteiger partial charge < -0.3 is 4.74 Å². The number of hydrogen-bond acceptors (Lipinski definition) is 4. The molecule has 0 spiro atoms. The zero-order chi connectivity index (χ0) is 16.8. The summed E-state index contributed by atoms with van der Waals surface area (Å²) in [7, 11) is 0. The van der Waals surface area contributed by atoms with E-state index in [2.05, 4.69) is 15.5 Å². The van der Waals surface area contributed by atoms with E-state index in [4.69, 9.17) is 16.3 Å². The number of benzene rings is 1. The van der Waals surface area contributed by atoms with Crippen LogP contribution in [0.4, 0.5) is 10.5 Å². The molecule has 122 valence electrons. The van der Waals surface area contributed by atoms with Crippen LogP contribution < -0.4 is 10.9 Å². The number of aryl methyl sites for hydroxylation is 1. The van der Waals surface area contributed by atoms with Crippen LogP contribution in [0.15, 0.2) is 35.1 Å². The van der Waals surface area contributed by atoms with Crippen LogP contribution in [0, 0.1) is 6.92 Å². The maximum absolute atomic E-state index is 11.7. The Morgan fingerprint density at radius 3 is 2.65 bits per heavy atom. The number of ether oxygens (including phenoxy) is 1. The largest absolute Gasteiger partial charge is 0.445 e. The Kier molecular flexibility index (Phi) is 5.76. The van der Waals surface area contributed by atoms with Gasteiger partial charge in [-0.1, -0.05) is 19.1 Å². The van der Waals surface area contributed by atoms with Gasteiger partial charge in [0.1, 0.15) is 6.10 Å². The van der Waals surface area contributed by atoms with Gasteiger partial charge in [-0.05, 0) is 31.0 Å². The van der Waals surface area contributed by atoms with Gasteiger partial charge in [-0.2, -0.15) is 5.10 Å². The van der Waals surface area contributed by atoms with Crippen molar-refractivity contribution in [2.75, 3.05) is 11.2 Å². The monoisotopic (exact) mass is 335 g/mol. The second kappa shape index (κ2) is 7.78. The number of aromatic nitrogens is 2. The molecule has 0 radical (unpaired) electrons. The molecular weight excluding hydrogens is 318 g/mol. The van der Waals surface area contributed by atoms with Crippen molar-refractivity contribution in [1.82, 2.24) is 10.2 Å². The van der Waals surface area contributed by atoms with Crippen LogP contribution in [0.2, 0.25) is 0 Å². The fourth-order valence-corrected chi connectivity index (χ4v) is 2.30. The van der Waals surface area contributed by atoms with Crippen LogP contribution in [0.1, 0.15) is 18.9 Å². The number of anilines is 1. The average Bonchev–Trinajstić information content (AvgIpc) is 2.53. The van der Waals surface area contributed by atoms with E-state index < -0.39 is 6.09 Å². The van der Waals surface area contributed by atoms with Gasteiger partial charge in [-0.15, -0.1) is 11.6 Å². The Hall–Kier alpha value is -2.34. The highest BCUT2D eigenvalue weighted by atomic mass is 35.5. The Morgan fingerprint density at radius 1 is 1.39 bits per heavy atom. The van der Waals surface area contributed by atoms with Gasteiger partial charge in [-0.25, -0.2) is 9.89 Å². The van der Waals surface area contributed by atoms with Gasteiger partial charge in [0.15, 0.2) is 0 Å². The zero-order valence-electron chi connectivity index (χ0n) is 12.9. The lowest BCUT2D eigenvalue weighted by Gasteiger charge is -2.14. The molecule has 0 aliphatic carbocycles. The first-order chi connectivity index (χ1) is 11.0. The van der Waals surface area contributed by atoms with Crippen molar-refractivity contribution in [3.05, 3.63) is 46.2 Å². The summed E-state index contributed by atoms with van der Waals surface area (Å²) in [6, 6.07) is 8.59. The van der Waals surface area contributed by atoms with E-state index in [-0.39, 0.29) is 17.5 Å². The number of aromatic amines is 1. The molecule has 0 saturated carbocycles. The number of nitrogens with one attached hydrogen (secondary N) is 2. The number of carbonyl (C=O) groups excluding carboxylic acids is 1. The van der Waals surface area contributed by atoms with Crippen molar-refractivity contribution < 1.29 is 9.53 Å².